The fourth-order valence-electron chi connectivity index (χ4n) is 4.74. The summed E-state index contributed by atoms with van der Waals surface area (Å²) in [4.78, 5) is 40.0. The molecule has 1 saturated carbocycles. The van der Waals surface area contributed by atoms with Gasteiger partial charge in [-0.15, -0.1) is 0 Å². The third-order valence-electron chi connectivity index (χ3n) is 6.48. The maximum atomic E-state index is 13.4. The molecule has 0 bridgehead atoms. The van der Waals surface area contributed by atoms with Gasteiger partial charge in [0.25, 0.3) is 0 Å². The average molecular weight is 551 g/mol. The van der Waals surface area contributed by atoms with E-state index in [1.54, 1.807) is 24.3 Å². The summed E-state index contributed by atoms with van der Waals surface area (Å²) in [6, 6.07) is 25.3. The smallest absolute Gasteiger partial charge is 0.317 e. The zero-order valence-electron chi connectivity index (χ0n) is 19.8. The van der Waals surface area contributed by atoms with E-state index in [1.807, 2.05) is 60.7 Å². The van der Waals surface area contributed by atoms with E-state index in [0.717, 1.165) is 15.6 Å². The van der Waals surface area contributed by atoms with E-state index in [4.69, 9.17) is 9.47 Å². The van der Waals surface area contributed by atoms with Crippen molar-refractivity contribution >= 4 is 33.7 Å². The Bertz CT molecular complexity index is 1210. The third kappa shape index (κ3) is 5.91. The first-order valence-corrected chi connectivity index (χ1v) is 12.5. The minimum atomic E-state index is -1.71. The van der Waals surface area contributed by atoms with Crippen LogP contribution in [0.4, 0.5) is 0 Å². The van der Waals surface area contributed by atoms with Gasteiger partial charge in [0.2, 0.25) is 0 Å². The summed E-state index contributed by atoms with van der Waals surface area (Å²) in [5, 5.41) is 11.3. The van der Waals surface area contributed by atoms with Gasteiger partial charge in [-0.2, -0.15) is 0 Å². The van der Waals surface area contributed by atoms with Gasteiger partial charge < -0.3 is 14.6 Å². The predicted molar refractivity (Wildman–Crippen MR) is 137 cm³/mol. The molecule has 4 rings (SSSR count). The predicted octanol–water partition coefficient (Wildman–Crippen LogP) is 4.98. The number of hydrogen-bond acceptors (Lipinski definition) is 6. The van der Waals surface area contributed by atoms with Crippen LogP contribution in [0.15, 0.2) is 89.4 Å². The number of carbonyl (C=O) groups excluding carboxylic acids is 3. The van der Waals surface area contributed by atoms with Gasteiger partial charge in [0, 0.05) is 16.8 Å². The van der Waals surface area contributed by atoms with Crippen molar-refractivity contribution in [2.45, 2.75) is 38.1 Å². The summed E-state index contributed by atoms with van der Waals surface area (Å²) in [5.41, 5.74) is 0.421. The Morgan fingerprint density at radius 3 is 1.89 bits per heavy atom. The van der Waals surface area contributed by atoms with Crippen molar-refractivity contribution in [1.29, 1.82) is 0 Å². The maximum Gasteiger partial charge on any atom is 0.317 e. The number of rotatable bonds is 7. The lowest BCUT2D eigenvalue weighted by atomic mass is 9.62. The van der Waals surface area contributed by atoms with Gasteiger partial charge in [-0.3, -0.25) is 14.4 Å². The number of carbonyl (C=O) groups is 3. The Balaban J connectivity index is 1.66. The highest BCUT2D eigenvalue weighted by atomic mass is 79.9. The van der Waals surface area contributed by atoms with Crippen molar-refractivity contribution in [1.82, 2.24) is 0 Å². The quantitative estimate of drug-likeness (QED) is 0.329. The lowest BCUT2D eigenvalue weighted by molar-refractivity contribution is -0.174. The van der Waals surface area contributed by atoms with Crippen molar-refractivity contribution in [2.75, 3.05) is 0 Å². The Morgan fingerprint density at radius 1 is 0.861 bits per heavy atom. The molecule has 0 unspecified atom stereocenters. The molecule has 4 atom stereocenters. The van der Waals surface area contributed by atoms with Gasteiger partial charge in [0.05, 0.1) is 11.5 Å². The molecular formula is C29H27BrO6. The molecule has 0 radical (unpaired) electrons. The Kier molecular flexibility index (Phi) is 8.01. The summed E-state index contributed by atoms with van der Waals surface area (Å²) in [7, 11) is 0. The minimum Gasteiger partial charge on any atom is -0.461 e. The molecule has 36 heavy (non-hydrogen) atoms. The topological polar surface area (TPSA) is 89.9 Å². The normalized spacial score (nSPS) is 23.6. The second-order valence-corrected chi connectivity index (χ2v) is 10.1. The van der Waals surface area contributed by atoms with Crippen molar-refractivity contribution < 1.29 is 29.0 Å². The molecule has 0 aromatic heterocycles. The Hall–Kier alpha value is -3.29. The number of ether oxygens (including phenoxy) is 2. The lowest BCUT2D eigenvalue weighted by Gasteiger charge is -2.43. The van der Waals surface area contributed by atoms with E-state index >= 15 is 0 Å². The molecule has 3 aromatic rings. The number of benzene rings is 3. The van der Waals surface area contributed by atoms with Crippen LogP contribution in [0, 0.1) is 11.8 Å². The van der Waals surface area contributed by atoms with Crippen LogP contribution in [0.2, 0.25) is 0 Å². The van der Waals surface area contributed by atoms with Gasteiger partial charge in [-0.1, -0.05) is 88.7 Å². The van der Waals surface area contributed by atoms with Crippen molar-refractivity contribution in [3.05, 3.63) is 106 Å². The lowest BCUT2D eigenvalue weighted by Crippen LogP contribution is -2.55. The second-order valence-electron chi connectivity index (χ2n) is 9.22. The number of halogens is 1. The molecule has 186 valence electrons. The van der Waals surface area contributed by atoms with Gasteiger partial charge in [0.1, 0.15) is 19.1 Å². The first kappa shape index (κ1) is 25.8. The number of ketones is 1. The van der Waals surface area contributed by atoms with Crippen LogP contribution in [0.1, 0.15) is 36.0 Å². The van der Waals surface area contributed by atoms with Crippen molar-refractivity contribution in [3.63, 3.8) is 0 Å². The third-order valence-corrected chi connectivity index (χ3v) is 7.01. The first-order valence-electron chi connectivity index (χ1n) is 11.7. The highest BCUT2D eigenvalue weighted by Gasteiger charge is 2.57. The van der Waals surface area contributed by atoms with Crippen molar-refractivity contribution in [3.8, 4) is 0 Å². The molecule has 1 aliphatic carbocycles. The molecule has 0 spiro atoms. The van der Waals surface area contributed by atoms with E-state index < -0.39 is 41.1 Å². The Labute approximate surface area is 218 Å². The average Bonchev–Trinajstić information content (AvgIpc) is 2.86. The highest BCUT2D eigenvalue weighted by molar-refractivity contribution is 9.10. The SMILES string of the molecule is C[C@]1(O)CC(=O)[C@H](C(=O)OCc2ccccc2)[C@@H](c2ccc(Br)cc2)[C@@H]1C(=O)OCc1ccccc1. The summed E-state index contributed by atoms with van der Waals surface area (Å²) >= 11 is 3.39. The number of aliphatic hydroxyl groups is 1. The van der Waals surface area contributed by atoms with Crippen LogP contribution in [0.5, 0.6) is 0 Å². The minimum absolute atomic E-state index is 0.00394. The number of esters is 2. The van der Waals surface area contributed by atoms with Gasteiger partial charge in [0.15, 0.2) is 5.78 Å². The second kappa shape index (κ2) is 11.2. The van der Waals surface area contributed by atoms with Crippen LogP contribution < -0.4 is 0 Å². The number of hydrogen-bond donors (Lipinski definition) is 1. The molecule has 0 saturated heterocycles. The molecule has 1 aliphatic rings. The number of Topliss-reactive ketones (excluding diaryl/α,β-unsaturated/α-hetero) is 1. The fraction of sp³-hybridized carbons (Fsp3) is 0.276. The van der Waals surface area contributed by atoms with Crippen LogP contribution in [0.3, 0.4) is 0 Å². The molecule has 1 N–H and O–H groups in total. The summed E-state index contributed by atoms with van der Waals surface area (Å²) in [5.74, 6) is -5.25. The molecule has 3 aromatic carbocycles. The molecule has 1 fully saturated rings. The van der Waals surface area contributed by atoms with E-state index in [9.17, 15) is 19.5 Å². The standard InChI is InChI=1S/C29H27BrO6/c1-29(34)16-23(31)25(27(32)35-17-19-8-4-2-5-9-19)24(21-12-14-22(30)15-13-21)26(29)28(33)36-18-20-10-6-3-7-11-20/h2-15,24-26,34H,16-18H2,1H3/t24-,25+,26-,29+/m1/s1. The van der Waals surface area contributed by atoms with E-state index in [-0.39, 0.29) is 19.6 Å². The van der Waals surface area contributed by atoms with Crippen LogP contribution >= 0.6 is 15.9 Å². The first-order chi connectivity index (χ1) is 17.3. The summed E-state index contributed by atoms with van der Waals surface area (Å²) < 4.78 is 11.9. The monoisotopic (exact) mass is 550 g/mol. The van der Waals surface area contributed by atoms with Crippen molar-refractivity contribution in [2.24, 2.45) is 11.8 Å². The van der Waals surface area contributed by atoms with Gasteiger partial charge in [-0.05, 0) is 35.7 Å². The van der Waals surface area contributed by atoms with E-state index in [0.29, 0.717) is 5.56 Å². The van der Waals surface area contributed by atoms with Crippen LogP contribution in [-0.4, -0.2) is 28.4 Å². The zero-order chi connectivity index (χ0) is 25.7. The largest absolute Gasteiger partial charge is 0.461 e. The van der Waals surface area contributed by atoms with E-state index in [1.165, 1.54) is 6.92 Å². The molecule has 0 amide bonds. The summed E-state index contributed by atoms with van der Waals surface area (Å²) in [6.07, 6.45) is -0.365. The molecule has 0 heterocycles. The van der Waals surface area contributed by atoms with E-state index in [2.05, 4.69) is 15.9 Å². The Morgan fingerprint density at radius 2 is 1.36 bits per heavy atom. The zero-order valence-corrected chi connectivity index (χ0v) is 21.4. The maximum absolute atomic E-state index is 13.4. The highest BCUT2D eigenvalue weighted by Crippen LogP contribution is 2.47. The van der Waals surface area contributed by atoms with Crippen LogP contribution in [0.25, 0.3) is 0 Å². The molecule has 0 aliphatic heterocycles. The molecule has 7 heteroatoms. The fourth-order valence-corrected chi connectivity index (χ4v) is 5.00. The van der Waals surface area contributed by atoms with Gasteiger partial charge in [-0.25, -0.2) is 0 Å². The molecule has 6 nitrogen and oxygen atoms in total. The summed E-state index contributed by atoms with van der Waals surface area (Å²) in [6.45, 7) is 1.45. The van der Waals surface area contributed by atoms with Crippen LogP contribution in [-0.2, 0) is 37.1 Å². The van der Waals surface area contributed by atoms with Gasteiger partial charge >= 0.3 is 11.9 Å². The molecular weight excluding hydrogens is 524 g/mol.